The van der Waals surface area contributed by atoms with Gasteiger partial charge in [0, 0.05) is 29.7 Å². The summed E-state index contributed by atoms with van der Waals surface area (Å²) in [5.41, 5.74) is 6.24. The van der Waals surface area contributed by atoms with Crippen molar-refractivity contribution < 1.29 is 10.0 Å². The minimum Gasteiger partial charge on any atom is -0.361 e. The van der Waals surface area contributed by atoms with E-state index in [-0.39, 0.29) is 0 Å². The highest BCUT2D eigenvalue weighted by molar-refractivity contribution is 5.90. The molecular formula is C21H23N3O2. The molecule has 1 amide bonds. The molecule has 0 radical (unpaired) electrons. The number of carbonyl (C=O) groups excluding carboxylic acids is 1. The lowest BCUT2D eigenvalue weighted by atomic mass is 10.1. The average molecular weight is 349 g/mol. The van der Waals surface area contributed by atoms with E-state index in [2.05, 4.69) is 34.7 Å². The molecule has 0 spiro atoms. The normalized spacial score (nSPS) is 11.3. The van der Waals surface area contributed by atoms with Crippen molar-refractivity contribution in [2.75, 3.05) is 6.54 Å². The van der Waals surface area contributed by atoms with Gasteiger partial charge in [-0.15, -0.1) is 0 Å². The van der Waals surface area contributed by atoms with Crippen LogP contribution in [-0.2, 0) is 17.8 Å². The van der Waals surface area contributed by atoms with Crippen LogP contribution in [0.3, 0.4) is 0 Å². The summed E-state index contributed by atoms with van der Waals surface area (Å²) in [5.74, 6) is -0.536. The molecule has 0 unspecified atom stereocenters. The molecule has 5 heteroatoms. The molecule has 1 heterocycles. The van der Waals surface area contributed by atoms with Gasteiger partial charge < -0.3 is 10.3 Å². The number of fused-ring (bicyclic) bond motifs is 1. The summed E-state index contributed by atoms with van der Waals surface area (Å²) >= 11 is 0. The SMILES string of the molecule is O=C(C=Cc1ccc(CNCCCc2c[nH]c3ccccc23)cc1)NO. The molecule has 2 aromatic carbocycles. The van der Waals surface area contributed by atoms with Crippen LogP contribution in [0.15, 0.2) is 60.8 Å². The number of H-pyrrole nitrogens is 1. The maximum absolute atomic E-state index is 11.0. The first-order valence-corrected chi connectivity index (χ1v) is 8.73. The van der Waals surface area contributed by atoms with Gasteiger partial charge in [-0.3, -0.25) is 10.0 Å². The second-order valence-electron chi connectivity index (χ2n) is 6.19. The van der Waals surface area contributed by atoms with Gasteiger partial charge in [-0.25, -0.2) is 5.48 Å². The number of aryl methyl sites for hydroxylation is 1. The molecular weight excluding hydrogens is 326 g/mol. The Bertz CT molecular complexity index is 882. The molecule has 5 nitrogen and oxygen atoms in total. The number of carbonyl (C=O) groups is 1. The van der Waals surface area contributed by atoms with Gasteiger partial charge in [-0.05, 0) is 48.2 Å². The van der Waals surface area contributed by atoms with Crippen LogP contribution >= 0.6 is 0 Å². The molecule has 0 aliphatic rings. The number of hydrogen-bond acceptors (Lipinski definition) is 3. The van der Waals surface area contributed by atoms with Gasteiger partial charge in [0.1, 0.15) is 0 Å². The minimum absolute atomic E-state index is 0.536. The van der Waals surface area contributed by atoms with Crippen molar-refractivity contribution in [3.63, 3.8) is 0 Å². The number of aromatic nitrogens is 1. The molecule has 0 saturated heterocycles. The number of para-hydroxylation sites is 1. The lowest BCUT2D eigenvalue weighted by Crippen LogP contribution is -2.15. The van der Waals surface area contributed by atoms with Crippen molar-refractivity contribution in [1.82, 2.24) is 15.8 Å². The van der Waals surface area contributed by atoms with Crippen LogP contribution < -0.4 is 10.8 Å². The van der Waals surface area contributed by atoms with Gasteiger partial charge in [-0.1, -0.05) is 42.5 Å². The second-order valence-corrected chi connectivity index (χ2v) is 6.19. The Morgan fingerprint density at radius 3 is 2.73 bits per heavy atom. The van der Waals surface area contributed by atoms with E-state index < -0.39 is 5.91 Å². The van der Waals surface area contributed by atoms with Crippen LogP contribution in [0.5, 0.6) is 0 Å². The van der Waals surface area contributed by atoms with E-state index in [9.17, 15) is 4.79 Å². The number of hydroxylamine groups is 1. The standard InChI is InChI=1S/C21H23N3O2/c25-21(24-26)12-11-16-7-9-17(10-8-16)14-22-13-3-4-18-15-23-20-6-2-1-5-19(18)20/h1-2,5-12,15,22-23,26H,3-4,13-14H2,(H,24,25). The molecule has 3 rings (SSSR count). The van der Waals surface area contributed by atoms with E-state index >= 15 is 0 Å². The van der Waals surface area contributed by atoms with Crippen molar-refractivity contribution >= 4 is 22.9 Å². The fourth-order valence-electron chi connectivity index (χ4n) is 2.93. The number of hydrogen-bond donors (Lipinski definition) is 4. The van der Waals surface area contributed by atoms with Crippen LogP contribution in [-0.4, -0.2) is 22.6 Å². The summed E-state index contributed by atoms with van der Waals surface area (Å²) in [5, 5.41) is 13.2. The highest BCUT2D eigenvalue weighted by atomic mass is 16.5. The van der Waals surface area contributed by atoms with E-state index in [1.165, 1.54) is 28.1 Å². The van der Waals surface area contributed by atoms with Crippen LogP contribution in [0.25, 0.3) is 17.0 Å². The Kier molecular flexibility index (Phi) is 6.19. The summed E-state index contributed by atoms with van der Waals surface area (Å²) in [4.78, 5) is 14.3. The minimum atomic E-state index is -0.536. The van der Waals surface area contributed by atoms with Crippen molar-refractivity contribution in [1.29, 1.82) is 0 Å². The van der Waals surface area contributed by atoms with Crippen LogP contribution in [0.4, 0.5) is 0 Å². The van der Waals surface area contributed by atoms with Crippen molar-refractivity contribution in [2.24, 2.45) is 0 Å². The number of benzene rings is 2. The van der Waals surface area contributed by atoms with E-state index in [0.717, 1.165) is 31.5 Å². The fourth-order valence-corrected chi connectivity index (χ4v) is 2.93. The molecule has 0 atom stereocenters. The predicted octanol–water partition coefficient (Wildman–Crippen LogP) is 3.41. The Morgan fingerprint density at radius 2 is 1.92 bits per heavy atom. The summed E-state index contributed by atoms with van der Waals surface area (Å²) in [7, 11) is 0. The largest absolute Gasteiger partial charge is 0.361 e. The first-order valence-electron chi connectivity index (χ1n) is 8.73. The van der Waals surface area contributed by atoms with E-state index in [0.29, 0.717) is 0 Å². The third-order valence-corrected chi connectivity index (χ3v) is 4.32. The second kappa shape index (κ2) is 8.99. The maximum Gasteiger partial charge on any atom is 0.267 e. The number of aromatic amines is 1. The highest BCUT2D eigenvalue weighted by Gasteiger charge is 2.02. The third-order valence-electron chi connectivity index (χ3n) is 4.32. The summed E-state index contributed by atoms with van der Waals surface area (Å²) in [6.45, 7) is 1.77. The first kappa shape index (κ1) is 17.9. The van der Waals surface area contributed by atoms with Gasteiger partial charge in [-0.2, -0.15) is 0 Å². The van der Waals surface area contributed by atoms with Gasteiger partial charge in [0.15, 0.2) is 0 Å². The molecule has 0 fully saturated rings. The molecule has 1 aromatic heterocycles. The van der Waals surface area contributed by atoms with Gasteiger partial charge in [0.05, 0.1) is 0 Å². The Balaban J connectivity index is 1.41. The van der Waals surface area contributed by atoms with Crippen molar-refractivity contribution in [3.8, 4) is 0 Å². The summed E-state index contributed by atoms with van der Waals surface area (Å²) in [6, 6.07) is 16.3. The van der Waals surface area contributed by atoms with Crippen LogP contribution in [0.2, 0.25) is 0 Å². The van der Waals surface area contributed by atoms with Gasteiger partial charge in [0.2, 0.25) is 0 Å². The number of rotatable bonds is 8. The van der Waals surface area contributed by atoms with Gasteiger partial charge in [0.25, 0.3) is 5.91 Å². The van der Waals surface area contributed by atoms with Crippen molar-refractivity contribution in [2.45, 2.75) is 19.4 Å². The van der Waals surface area contributed by atoms with Crippen molar-refractivity contribution in [3.05, 3.63) is 77.5 Å². The molecule has 134 valence electrons. The number of amides is 1. The topological polar surface area (TPSA) is 77.2 Å². The molecule has 3 aromatic rings. The zero-order valence-corrected chi connectivity index (χ0v) is 14.5. The maximum atomic E-state index is 11.0. The molecule has 0 bridgehead atoms. The van der Waals surface area contributed by atoms with Crippen LogP contribution in [0.1, 0.15) is 23.1 Å². The average Bonchev–Trinajstić information content (AvgIpc) is 3.10. The molecule has 0 aliphatic carbocycles. The van der Waals surface area contributed by atoms with E-state index in [1.54, 1.807) is 11.6 Å². The molecule has 0 saturated carbocycles. The Labute approximate surface area is 152 Å². The predicted molar refractivity (Wildman–Crippen MR) is 104 cm³/mol. The third kappa shape index (κ3) is 4.81. The molecule has 4 N–H and O–H groups in total. The van der Waals surface area contributed by atoms with E-state index in [1.807, 2.05) is 30.3 Å². The zero-order chi connectivity index (χ0) is 18.2. The quantitative estimate of drug-likeness (QED) is 0.218. The summed E-state index contributed by atoms with van der Waals surface area (Å²) < 4.78 is 0. The Morgan fingerprint density at radius 1 is 1.12 bits per heavy atom. The Hall–Kier alpha value is -2.89. The highest BCUT2D eigenvalue weighted by Crippen LogP contribution is 2.18. The van der Waals surface area contributed by atoms with E-state index in [4.69, 9.17) is 5.21 Å². The lowest BCUT2D eigenvalue weighted by Gasteiger charge is -2.05. The molecule has 26 heavy (non-hydrogen) atoms. The lowest BCUT2D eigenvalue weighted by molar-refractivity contribution is -0.124. The fraction of sp³-hybridized carbons (Fsp3) is 0.190. The van der Waals surface area contributed by atoms with Gasteiger partial charge >= 0.3 is 0 Å². The van der Waals surface area contributed by atoms with Crippen LogP contribution in [0, 0.1) is 0 Å². The smallest absolute Gasteiger partial charge is 0.267 e. The first-order chi connectivity index (χ1) is 12.8. The number of nitrogens with one attached hydrogen (secondary N) is 3. The zero-order valence-electron chi connectivity index (χ0n) is 14.5. The summed E-state index contributed by atoms with van der Waals surface area (Å²) in [6.07, 6.45) is 7.18. The monoisotopic (exact) mass is 349 g/mol. The molecule has 0 aliphatic heterocycles.